The third-order valence-electron chi connectivity index (χ3n) is 7.47. The molecule has 0 spiro atoms. The molecule has 5 nitrogen and oxygen atoms in total. The lowest BCUT2D eigenvalue weighted by molar-refractivity contribution is -0.114. The fourth-order valence-corrected chi connectivity index (χ4v) is 6.47. The number of para-hydroxylation sites is 1. The predicted octanol–water partition coefficient (Wildman–Crippen LogP) is 7.29. The van der Waals surface area contributed by atoms with Crippen molar-refractivity contribution >= 4 is 52.6 Å². The summed E-state index contributed by atoms with van der Waals surface area (Å²) >= 11 is 7.51. The summed E-state index contributed by atoms with van der Waals surface area (Å²) in [6.07, 6.45) is 1.92. The molecule has 1 saturated heterocycles. The summed E-state index contributed by atoms with van der Waals surface area (Å²) in [5.41, 5.74) is 5.85. The van der Waals surface area contributed by atoms with Crippen molar-refractivity contribution in [3.63, 3.8) is 0 Å². The highest BCUT2D eigenvalue weighted by atomic mass is 35.5. The van der Waals surface area contributed by atoms with Crippen LogP contribution in [0.15, 0.2) is 107 Å². The molecule has 4 aromatic rings. The first kappa shape index (κ1) is 27.2. The van der Waals surface area contributed by atoms with Gasteiger partial charge in [0.15, 0.2) is 0 Å². The lowest BCUT2D eigenvalue weighted by Crippen LogP contribution is -2.48. The highest BCUT2D eigenvalue weighted by Gasteiger charge is 2.29. The van der Waals surface area contributed by atoms with Gasteiger partial charge in [0.25, 0.3) is 11.8 Å². The molecule has 0 radical (unpaired) electrons. The lowest BCUT2D eigenvalue weighted by Gasteiger charge is -2.36. The molecule has 0 unspecified atom stereocenters. The highest BCUT2D eigenvalue weighted by molar-refractivity contribution is 8.04. The molecule has 6 rings (SSSR count). The summed E-state index contributed by atoms with van der Waals surface area (Å²) in [4.78, 5) is 34.6. The molecule has 4 aromatic carbocycles. The number of aryl methyl sites for hydroxylation is 1. The van der Waals surface area contributed by atoms with E-state index in [1.807, 2.05) is 88.7 Å². The van der Waals surface area contributed by atoms with Gasteiger partial charge in [0.2, 0.25) is 0 Å². The Morgan fingerprint density at radius 3 is 2.34 bits per heavy atom. The number of benzene rings is 4. The van der Waals surface area contributed by atoms with Crippen molar-refractivity contribution in [3.8, 4) is 0 Å². The maximum absolute atomic E-state index is 13.7. The first-order chi connectivity index (χ1) is 19.9. The van der Waals surface area contributed by atoms with Crippen molar-refractivity contribution in [2.24, 2.45) is 0 Å². The Morgan fingerprint density at radius 1 is 0.878 bits per heavy atom. The van der Waals surface area contributed by atoms with Crippen LogP contribution in [0.25, 0.3) is 6.08 Å². The van der Waals surface area contributed by atoms with Crippen molar-refractivity contribution in [1.29, 1.82) is 0 Å². The standard InChI is InChI=1S/C34H30ClN3O2S/c1-24-5-4-6-26(21-24)23-38-30-7-2-3-8-31(30)41-32(34(38)40)22-25-9-11-27(12-10-25)33(39)37-19-17-36(18-20-37)29-15-13-28(35)14-16-29/h2-16,21-22H,17-20,23H2,1H3/b32-22+. The minimum absolute atomic E-state index is 0.0195. The zero-order valence-corrected chi connectivity index (χ0v) is 24.4. The normalized spacial score (nSPS) is 16.2. The Hall–Kier alpha value is -4.00. The monoisotopic (exact) mass is 579 g/mol. The number of halogens is 1. The Balaban J connectivity index is 1.15. The number of anilines is 2. The van der Waals surface area contributed by atoms with Crippen LogP contribution in [0.2, 0.25) is 5.02 Å². The third kappa shape index (κ3) is 6.04. The smallest absolute Gasteiger partial charge is 0.265 e. The molecule has 7 heteroatoms. The van der Waals surface area contributed by atoms with Crippen LogP contribution in [0.3, 0.4) is 0 Å². The largest absolute Gasteiger partial charge is 0.368 e. The van der Waals surface area contributed by atoms with E-state index in [1.54, 1.807) is 0 Å². The zero-order valence-electron chi connectivity index (χ0n) is 22.8. The maximum atomic E-state index is 13.7. The average molecular weight is 580 g/mol. The number of carbonyl (C=O) groups is 2. The van der Waals surface area contributed by atoms with Crippen molar-refractivity contribution in [3.05, 3.63) is 129 Å². The van der Waals surface area contributed by atoms with Crippen LogP contribution < -0.4 is 9.80 Å². The summed E-state index contributed by atoms with van der Waals surface area (Å²) in [6, 6.07) is 31.7. The van der Waals surface area contributed by atoms with E-state index in [-0.39, 0.29) is 11.8 Å². The maximum Gasteiger partial charge on any atom is 0.265 e. The molecule has 41 heavy (non-hydrogen) atoms. The first-order valence-electron chi connectivity index (χ1n) is 13.7. The molecule has 0 saturated carbocycles. The average Bonchev–Trinajstić information content (AvgIpc) is 3.00. The van der Waals surface area contributed by atoms with Crippen LogP contribution >= 0.6 is 23.4 Å². The minimum Gasteiger partial charge on any atom is -0.368 e. The molecule has 0 atom stereocenters. The van der Waals surface area contributed by atoms with Crippen LogP contribution in [0.5, 0.6) is 0 Å². The van der Waals surface area contributed by atoms with Gasteiger partial charge in [-0.15, -0.1) is 0 Å². The summed E-state index contributed by atoms with van der Waals surface area (Å²) in [5, 5.41) is 0.720. The van der Waals surface area contributed by atoms with Gasteiger partial charge in [-0.2, -0.15) is 0 Å². The van der Waals surface area contributed by atoms with E-state index in [0.29, 0.717) is 30.1 Å². The van der Waals surface area contributed by atoms with Crippen molar-refractivity contribution in [2.45, 2.75) is 18.4 Å². The SMILES string of the molecule is Cc1cccc(CN2C(=O)/C(=C\c3ccc(C(=O)N4CCN(c5ccc(Cl)cc5)CC4)cc3)Sc3ccccc32)c1. The molecule has 0 aromatic heterocycles. The Bertz CT molecular complexity index is 1610. The second-order valence-electron chi connectivity index (χ2n) is 10.3. The van der Waals surface area contributed by atoms with Crippen molar-refractivity contribution in [2.75, 3.05) is 36.0 Å². The van der Waals surface area contributed by atoms with Crippen LogP contribution in [0, 0.1) is 6.92 Å². The number of carbonyl (C=O) groups excluding carboxylic acids is 2. The Morgan fingerprint density at radius 2 is 1.61 bits per heavy atom. The van der Waals surface area contributed by atoms with E-state index >= 15 is 0 Å². The zero-order chi connectivity index (χ0) is 28.3. The fourth-order valence-electron chi connectivity index (χ4n) is 5.29. The number of hydrogen-bond donors (Lipinski definition) is 0. The molecule has 206 valence electrons. The summed E-state index contributed by atoms with van der Waals surface area (Å²) in [7, 11) is 0. The van der Waals surface area contributed by atoms with Gasteiger partial charge in [0, 0.05) is 47.3 Å². The summed E-state index contributed by atoms with van der Waals surface area (Å²) < 4.78 is 0. The first-order valence-corrected chi connectivity index (χ1v) is 14.9. The fraction of sp³-hybridized carbons (Fsp3) is 0.176. The lowest BCUT2D eigenvalue weighted by atomic mass is 10.1. The van der Waals surface area contributed by atoms with E-state index in [1.165, 1.54) is 17.3 Å². The number of amides is 2. The Labute approximate surface area is 250 Å². The van der Waals surface area contributed by atoms with E-state index in [9.17, 15) is 9.59 Å². The summed E-state index contributed by atoms with van der Waals surface area (Å²) in [5.74, 6) is 0.00949. The van der Waals surface area contributed by atoms with Gasteiger partial charge in [-0.1, -0.05) is 77.5 Å². The molecule has 0 N–H and O–H groups in total. The minimum atomic E-state index is -0.0195. The predicted molar refractivity (Wildman–Crippen MR) is 169 cm³/mol. The topological polar surface area (TPSA) is 43.9 Å². The van der Waals surface area contributed by atoms with Gasteiger partial charge in [-0.25, -0.2) is 0 Å². The van der Waals surface area contributed by atoms with Gasteiger partial charge in [-0.05, 0) is 72.7 Å². The Kier molecular flexibility index (Phi) is 7.86. The van der Waals surface area contributed by atoms with Gasteiger partial charge >= 0.3 is 0 Å². The second-order valence-corrected chi connectivity index (χ2v) is 11.9. The van der Waals surface area contributed by atoms with Gasteiger partial charge < -0.3 is 14.7 Å². The molecular weight excluding hydrogens is 550 g/mol. The molecule has 0 aliphatic carbocycles. The van der Waals surface area contributed by atoms with E-state index in [4.69, 9.17) is 11.6 Å². The van der Waals surface area contributed by atoms with Gasteiger partial charge in [0.1, 0.15) is 0 Å². The van der Waals surface area contributed by atoms with Gasteiger partial charge in [-0.3, -0.25) is 9.59 Å². The van der Waals surface area contributed by atoms with Crippen LogP contribution in [0.1, 0.15) is 27.0 Å². The van der Waals surface area contributed by atoms with Crippen LogP contribution in [-0.4, -0.2) is 42.9 Å². The molecule has 2 aliphatic heterocycles. The number of hydrogen-bond acceptors (Lipinski definition) is 4. The number of nitrogens with zero attached hydrogens (tertiary/aromatic N) is 3. The highest BCUT2D eigenvalue weighted by Crippen LogP contribution is 2.42. The molecular formula is C34H30ClN3O2S. The number of rotatable bonds is 5. The molecule has 2 heterocycles. The molecule has 0 bridgehead atoms. The van der Waals surface area contributed by atoms with Gasteiger partial charge in [0.05, 0.1) is 17.1 Å². The number of fused-ring (bicyclic) bond motifs is 1. The van der Waals surface area contributed by atoms with Crippen LogP contribution in [-0.2, 0) is 11.3 Å². The quantitative estimate of drug-likeness (QED) is 0.233. The van der Waals surface area contributed by atoms with Crippen molar-refractivity contribution in [1.82, 2.24) is 4.90 Å². The molecule has 2 aliphatic rings. The summed E-state index contributed by atoms with van der Waals surface area (Å²) in [6.45, 7) is 5.44. The molecule has 1 fully saturated rings. The molecule has 2 amide bonds. The van der Waals surface area contributed by atoms with E-state index in [2.05, 4.69) is 36.1 Å². The van der Waals surface area contributed by atoms with E-state index in [0.717, 1.165) is 45.5 Å². The third-order valence-corrected chi connectivity index (χ3v) is 8.80. The number of piperazine rings is 1. The van der Waals surface area contributed by atoms with Crippen molar-refractivity contribution < 1.29 is 9.59 Å². The number of thioether (sulfide) groups is 1. The second kappa shape index (κ2) is 11.9. The van der Waals surface area contributed by atoms with E-state index < -0.39 is 0 Å². The van der Waals surface area contributed by atoms with Crippen LogP contribution in [0.4, 0.5) is 11.4 Å².